The van der Waals surface area contributed by atoms with E-state index in [0.29, 0.717) is 22.3 Å². The molecule has 2 unspecified atom stereocenters. The van der Waals surface area contributed by atoms with E-state index in [1.807, 2.05) is 86.6 Å². The molecule has 1 heterocycles. The molecular formula is C63H46O4. The minimum absolute atomic E-state index is 0.655. The fourth-order valence-electron chi connectivity index (χ4n) is 11.7. The van der Waals surface area contributed by atoms with Gasteiger partial charge in [0.05, 0.1) is 0 Å². The molecule has 322 valence electrons. The van der Waals surface area contributed by atoms with E-state index in [2.05, 4.69) is 146 Å². The zero-order valence-electron chi connectivity index (χ0n) is 37.2. The number of rotatable bonds is 6. The zero-order valence-corrected chi connectivity index (χ0v) is 37.2. The third kappa shape index (κ3) is 6.01. The lowest BCUT2D eigenvalue weighted by Gasteiger charge is -2.44. The topological polar surface area (TPSA) is 58.9 Å². The Morgan fingerprint density at radius 1 is 0.313 bits per heavy atom. The van der Waals surface area contributed by atoms with Gasteiger partial charge in [-0.25, -0.2) is 0 Å². The largest absolute Gasteiger partial charge is 0.377 e. The fourth-order valence-corrected chi connectivity index (χ4v) is 11.7. The number of hydrogen-bond donors (Lipinski definition) is 2. The third-order valence-corrected chi connectivity index (χ3v) is 14.5. The molecule has 2 N–H and O–H groups in total. The molecule has 4 heteroatoms. The van der Waals surface area contributed by atoms with Crippen LogP contribution in [0.4, 0.5) is 0 Å². The quantitative estimate of drug-likeness (QED) is 0.164. The first-order valence-corrected chi connectivity index (χ1v) is 23.2. The van der Waals surface area contributed by atoms with Crippen molar-refractivity contribution in [1.82, 2.24) is 0 Å². The minimum atomic E-state index is -1.97. The van der Waals surface area contributed by atoms with Crippen LogP contribution in [0.15, 0.2) is 218 Å². The molecule has 1 aliphatic rings. The van der Waals surface area contributed by atoms with Gasteiger partial charge >= 0.3 is 0 Å². The van der Waals surface area contributed by atoms with Gasteiger partial charge in [0.15, 0.2) is 5.79 Å². The Hall–Kier alpha value is -7.44. The van der Waals surface area contributed by atoms with Gasteiger partial charge in [-0.1, -0.05) is 182 Å². The molecule has 67 heavy (non-hydrogen) atoms. The van der Waals surface area contributed by atoms with Gasteiger partial charge in [-0.05, 0) is 148 Å². The van der Waals surface area contributed by atoms with Gasteiger partial charge in [0.2, 0.25) is 0 Å². The predicted molar refractivity (Wildman–Crippen MR) is 276 cm³/mol. The van der Waals surface area contributed by atoms with Crippen molar-refractivity contribution in [2.75, 3.05) is 0 Å². The molecule has 0 radical (unpaired) electrons. The zero-order chi connectivity index (χ0) is 45.1. The maximum absolute atomic E-state index is 15.1. The molecule has 4 nitrogen and oxygen atoms in total. The van der Waals surface area contributed by atoms with Gasteiger partial charge in [-0.3, -0.25) is 0 Å². The second kappa shape index (κ2) is 14.8. The molecule has 1 fully saturated rings. The average Bonchev–Trinajstić information content (AvgIpc) is 3.71. The highest BCUT2D eigenvalue weighted by Crippen LogP contribution is 2.56. The summed E-state index contributed by atoms with van der Waals surface area (Å²) in [6, 6.07) is 75.3. The van der Waals surface area contributed by atoms with Gasteiger partial charge < -0.3 is 19.7 Å². The Labute approximate surface area is 387 Å². The molecule has 1 aliphatic heterocycles. The van der Waals surface area contributed by atoms with Gasteiger partial charge in [-0.15, -0.1) is 0 Å². The van der Waals surface area contributed by atoms with E-state index in [1.54, 1.807) is 0 Å². The predicted octanol–water partition coefficient (Wildman–Crippen LogP) is 14.6. The lowest BCUT2D eigenvalue weighted by atomic mass is 9.68. The fraction of sp³-hybridized carbons (Fsp3) is 0.111. The molecule has 0 saturated carbocycles. The van der Waals surface area contributed by atoms with E-state index < -0.39 is 29.2 Å². The van der Waals surface area contributed by atoms with E-state index in [0.717, 1.165) is 86.2 Å². The summed E-state index contributed by atoms with van der Waals surface area (Å²) in [4.78, 5) is 0. The summed E-state index contributed by atoms with van der Waals surface area (Å²) in [6.45, 7) is 3.80. The van der Waals surface area contributed by atoms with Gasteiger partial charge in [0.25, 0.3) is 0 Å². The molecule has 0 aromatic heterocycles. The maximum atomic E-state index is 15.1. The summed E-state index contributed by atoms with van der Waals surface area (Å²) in [5.74, 6) is -1.29. The minimum Gasteiger partial charge on any atom is -0.377 e. The molecular weight excluding hydrogens is 821 g/mol. The van der Waals surface area contributed by atoms with Crippen molar-refractivity contribution in [3.05, 3.63) is 241 Å². The van der Waals surface area contributed by atoms with Crippen LogP contribution in [0, 0.1) is 0 Å². The van der Waals surface area contributed by atoms with Crippen LogP contribution < -0.4 is 0 Å². The number of aliphatic hydroxyl groups is 2. The molecule has 12 aromatic carbocycles. The van der Waals surface area contributed by atoms with Crippen molar-refractivity contribution in [1.29, 1.82) is 0 Å². The van der Waals surface area contributed by atoms with E-state index >= 15 is 10.2 Å². The number of hydrogen-bond acceptors (Lipinski definition) is 4. The van der Waals surface area contributed by atoms with Gasteiger partial charge in [0.1, 0.15) is 23.4 Å². The monoisotopic (exact) mass is 866 g/mol. The molecule has 1 saturated heterocycles. The Balaban J connectivity index is 1.21. The van der Waals surface area contributed by atoms with Crippen LogP contribution >= 0.6 is 0 Å². The molecule has 12 aromatic rings. The molecule has 0 amide bonds. The standard InChI is InChI=1S/C63H46O4/c1-61(2)66-59(62(64,55-31-15-25-47-33-39-17-3-5-19-41(39)37-53(47)55)57-49-27-11-7-21-43(49)35-44-22-8-12-28-50(44)57)60(67-61)63(65,56-32-16-26-48-34-40-18-4-6-20-42(40)38-54(48)56)58-51-29-13-9-23-45(51)36-46-24-10-14-30-52(46)58/h3-38,59-60,64-65H,1-2H3/t59-,60-,62?,63?/m1/s1. The Morgan fingerprint density at radius 2 is 0.567 bits per heavy atom. The first kappa shape index (κ1) is 39.9. The van der Waals surface area contributed by atoms with Crippen molar-refractivity contribution in [2.24, 2.45) is 0 Å². The number of fused-ring (bicyclic) bond motifs is 8. The smallest absolute Gasteiger partial charge is 0.164 e. The maximum Gasteiger partial charge on any atom is 0.164 e. The highest BCUT2D eigenvalue weighted by atomic mass is 16.8. The summed E-state index contributed by atoms with van der Waals surface area (Å²) in [5.41, 5.74) is -1.25. The van der Waals surface area contributed by atoms with Crippen molar-refractivity contribution in [3.8, 4) is 0 Å². The van der Waals surface area contributed by atoms with Crippen molar-refractivity contribution >= 4 is 86.2 Å². The number of benzene rings is 12. The lowest BCUT2D eigenvalue weighted by molar-refractivity contribution is -0.171. The van der Waals surface area contributed by atoms with Crippen LogP contribution in [0.2, 0.25) is 0 Å². The first-order valence-electron chi connectivity index (χ1n) is 23.2. The van der Waals surface area contributed by atoms with Gasteiger partial charge in [-0.2, -0.15) is 0 Å². The second-order valence-corrected chi connectivity index (χ2v) is 18.8. The lowest BCUT2D eigenvalue weighted by Crippen LogP contribution is -2.55. The van der Waals surface area contributed by atoms with Crippen LogP contribution in [0.5, 0.6) is 0 Å². The number of ether oxygens (including phenoxy) is 2. The average molecular weight is 867 g/mol. The summed E-state index contributed by atoms with van der Waals surface area (Å²) >= 11 is 0. The SMILES string of the molecule is CC1(C)O[C@@H](C(O)(c2cccc3cc4ccccc4cc23)c2c3ccccc3cc3ccccc23)[C@H](C(O)(c2cccc3cc4ccccc4cc23)c2c3ccccc3cc3ccccc23)O1. The first-order chi connectivity index (χ1) is 32.7. The van der Waals surface area contributed by atoms with Crippen LogP contribution in [-0.4, -0.2) is 28.2 Å². The summed E-state index contributed by atoms with van der Waals surface area (Å²) in [7, 11) is 0. The normalized spacial score (nSPS) is 18.1. The third-order valence-electron chi connectivity index (χ3n) is 14.5. The summed E-state index contributed by atoms with van der Waals surface area (Å²) < 4.78 is 14.9. The van der Waals surface area contributed by atoms with E-state index in [9.17, 15) is 0 Å². The van der Waals surface area contributed by atoms with E-state index in [4.69, 9.17) is 9.47 Å². The van der Waals surface area contributed by atoms with Crippen LogP contribution in [0.25, 0.3) is 86.2 Å². The van der Waals surface area contributed by atoms with Crippen LogP contribution in [0.1, 0.15) is 36.1 Å². The summed E-state index contributed by atoms with van der Waals surface area (Å²) in [5, 5.41) is 45.7. The van der Waals surface area contributed by atoms with Crippen LogP contribution in [0.3, 0.4) is 0 Å². The van der Waals surface area contributed by atoms with Crippen molar-refractivity contribution < 1.29 is 19.7 Å². The Morgan fingerprint density at radius 3 is 0.910 bits per heavy atom. The van der Waals surface area contributed by atoms with Crippen molar-refractivity contribution in [3.63, 3.8) is 0 Å². The summed E-state index contributed by atoms with van der Waals surface area (Å²) in [6.07, 6.45) is -2.43. The highest BCUT2D eigenvalue weighted by Gasteiger charge is 2.63. The molecule has 0 aliphatic carbocycles. The molecule has 0 spiro atoms. The second-order valence-electron chi connectivity index (χ2n) is 18.8. The van der Waals surface area contributed by atoms with Gasteiger partial charge in [0, 0.05) is 11.1 Å². The van der Waals surface area contributed by atoms with E-state index in [1.165, 1.54) is 0 Å². The van der Waals surface area contributed by atoms with E-state index in [-0.39, 0.29) is 0 Å². The molecule has 13 rings (SSSR count). The van der Waals surface area contributed by atoms with Crippen LogP contribution in [-0.2, 0) is 20.7 Å². The molecule has 4 atom stereocenters. The highest BCUT2D eigenvalue weighted by molar-refractivity contribution is 6.08. The Bertz CT molecular complexity index is 3620. The van der Waals surface area contributed by atoms with Crippen molar-refractivity contribution in [2.45, 2.75) is 43.0 Å². The molecule has 0 bridgehead atoms. The Kier molecular flexibility index (Phi) is 8.80.